The summed E-state index contributed by atoms with van der Waals surface area (Å²) in [4.78, 5) is 0. The van der Waals surface area contributed by atoms with E-state index < -0.39 is 0 Å². The molecule has 0 saturated carbocycles. The molecule has 1 nitrogen and oxygen atoms in total. The highest BCUT2D eigenvalue weighted by atomic mass is 127. The lowest BCUT2D eigenvalue weighted by Crippen LogP contribution is -2.14. The standard InChI is InChI=1S/C14H18INS/c15-8-4-1-5-9-16-10-12-11-17-14-7-3-2-6-13(12)14/h2-3,6-7,11,16H,1,4-5,8-10H2. The molecular formula is C14H18INS. The third-order valence-electron chi connectivity index (χ3n) is 2.86. The molecule has 0 fully saturated rings. The fraction of sp³-hybridized carbons (Fsp3) is 0.429. The fourth-order valence-corrected chi connectivity index (χ4v) is 3.42. The van der Waals surface area contributed by atoms with Crippen molar-refractivity contribution in [1.82, 2.24) is 5.32 Å². The Morgan fingerprint density at radius 1 is 1.12 bits per heavy atom. The average Bonchev–Trinajstić information content (AvgIpc) is 2.77. The van der Waals surface area contributed by atoms with Crippen LogP contribution in [0.3, 0.4) is 0 Å². The smallest absolute Gasteiger partial charge is 0.0346 e. The van der Waals surface area contributed by atoms with E-state index in [1.165, 1.54) is 39.3 Å². The number of benzene rings is 1. The molecule has 92 valence electrons. The zero-order valence-electron chi connectivity index (χ0n) is 9.92. The highest BCUT2D eigenvalue weighted by Crippen LogP contribution is 2.25. The predicted octanol–water partition coefficient (Wildman–Crippen LogP) is 4.60. The summed E-state index contributed by atoms with van der Waals surface area (Å²) in [7, 11) is 0. The van der Waals surface area contributed by atoms with Crippen LogP contribution in [-0.2, 0) is 6.54 Å². The van der Waals surface area contributed by atoms with Crippen LogP contribution in [0.2, 0.25) is 0 Å². The molecule has 0 amide bonds. The summed E-state index contributed by atoms with van der Waals surface area (Å²) < 4.78 is 2.68. The van der Waals surface area contributed by atoms with E-state index >= 15 is 0 Å². The van der Waals surface area contributed by atoms with Crippen molar-refractivity contribution in [3.05, 3.63) is 35.2 Å². The second-order valence-corrected chi connectivity index (χ2v) is 6.17. The van der Waals surface area contributed by atoms with Gasteiger partial charge in [0, 0.05) is 11.2 Å². The molecule has 17 heavy (non-hydrogen) atoms. The summed E-state index contributed by atoms with van der Waals surface area (Å²) in [6.07, 6.45) is 4.00. The van der Waals surface area contributed by atoms with E-state index in [2.05, 4.69) is 57.6 Å². The Balaban J connectivity index is 1.79. The van der Waals surface area contributed by atoms with Crippen LogP contribution in [0.4, 0.5) is 0 Å². The summed E-state index contributed by atoms with van der Waals surface area (Å²) in [5, 5.41) is 7.24. The summed E-state index contributed by atoms with van der Waals surface area (Å²) in [5.41, 5.74) is 1.44. The lowest BCUT2D eigenvalue weighted by molar-refractivity contribution is 0.622. The van der Waals surface area contributed by atoms with E-state index in [0.29, 0.717) is 0 Å². The van der Waals surface area contributed by atoms with Gasteiger partial charge in [-0.15, -0.1) is 11.3 Å². The van der Waals surface area contributed by atoms with Crippen molar-refractivity contribution in [3.8, 4) is 0 Å². The van der Waals surface area contributed by atoms with E-state index in [1.54, 1.807) is 0 Å². The van der Waals surface area contributed by atoms with Crippen molar-refractivity contribution in [2.75, 3.05) is 11.0 Å². The van der Waals surface area contributed by atoms with Gasteiger partial charge in [-0.05, 0) is 46.2 Å². The van der Waals surface area contributed by atoms with Crippen LogP contribution < -0.4 is 5.32 Å². The Kier molecular flexibility index (Phi) is 5.74. The largest absolute Gasteiger partial charge is 0.313 e. The van der Waals surface area contributed by atoms with Crippen molar-refractivity contribution >= 4 is 44.0 Å². The highest BCUT2D eigenvalue weighted by Gasteiger charge is 2.01. The van der Waals surface area contributed by atoms with Gasteiger partial charge >= 0.3 is 0 Å². The topological polar surface area (TPSA) is 12.0 Å². The Hall–Kier alpha value is -0.130. The molecule has 2 rings (SSSR count). The minimum absolute atomic E-state index is 1.01. The maximum Gasteiger partial charge on any atom is 0.0346 e. The second kappa shape index (κ2) is 7.34. The van der Waals surface area contributed by atoms with Gasteiger partial charge in [-0.3, -0.25) is 0 Å². The SMILES string of the molecule is ICCCCCNCc1csc2ccccc12. The van der Waals surface area contributed by atoms with Gasteiger partial charge in [0.15, 0.2) is 0 Å². The average molecular weight is 359 g/mol. The van der Waals surface area contributed by atoms with Gasteiger partial charge in [0.25, 0.3) is 0 Å². The normalized spacial score (nSPS) is 11.1. The third kappa shape index (κ3) is 3.93. The first-order chi connectivity index (χ1) is 8.42. The molecule has 3 heteroatoms. The van der Waals surface area contributed by atoms with Crippen molar-refractivity contribution in [2.45, 2.75) is 25.8 Å². The lowest BCUT2D eigenvalue weighted by atomic mass is 10.2. The van der Waals surface area contributed by atoms with Gasteiger partial charge in [-0.2, -0.15) is 0 Å². The lowest BCUT2D eigenvalue weighted by Gasteiger charge is -2.03. The maximum atomic E-state index is 3.54. The molecule has 0 bridgehead atoms. The maximum absolute atomic E-state index is 3.54. The number of hydrogen-bond acceptors (Lipinski definition) is 2. The molecule has 0 radical (unpaired) electrons. The number of unbranched alkanes of at least 4 members (excludes halogenated alkanes) is 2. The zero-order chi connectivity index (χ0) is 11.9. The summed E-state index contributed by atoms with van der Waals surface area (Å²) in [5.74, 6) is 0. The Bertz CT molecular complexity index is 452. The van der Waals surface area contributed by atoms with Crippen LogP contribution in [0.25, 0.3) is 10.1 Å². The molecule has 0 unspecified atom stereocenters. The van der Waals surface area contributed by atoms with E-state index in [0.717, 1.165) is 13.1 Å². The molecule has 1 heterocycles. The first-order valence-corrected chi connectivity index (χ1v) is 8.54. The van der Waals surface area contributed by atoms with Crippen LogP contribution in [0.1, 0.15) is 24.8 Å². The summed E-state index contributed by atoms with van der Waals surface area (Å²) in [6, 6.07) is 8.65. The molecule has 0 saturated heterocycles. The molecule has 2 aromatic rings. The number of thiophene rings is 1. The van der Waals surface area contributed by atoms with Gasteiger partial charge in [-0.1, -0.05) is 47.2 Å². The first-order valence-electron chi connectivity index (χ1n) is 6.13. The van der Waals surface area contributed by atoms with Gasteiger partial charge in [0.05, 0.1) is 0 Å². The number of hydrogen-bond donors (Lipinski definition) is 1. The van der Waals surface area contributed by atoms with Gasteiger partial charge in [0.2, 0.25) is 0 Å². The van der Waals surface area contributed by atoms with Gasteiger partial charge in [-0.25, -0.2) is 0 Å². The fourth-order valence-electron chi connectivity index (χ4n) is 1.91. The monoisotopic (exact) mass is 359 g/mol. The van der Waals surface area contributed by atoms with Crippen molar-refractivity contribution in [1.29, 1.82) is 0 Å². The van der Waals surface area contributed by atoms with Crippen LogP contribution >= 0.6 is 33.9 Å². The Morgan fingerprint density at radius 2 is 2.00 bits per heavy atom. The van der Waals surface area contributed by atoms with Crippen LogP contribution in [0.15, 0.2) is 29.6 Å². The summed E-state index contributed by atoms with van der Waals surface area (Å²) in [6.45, 7) is 2.15. The quantitative estimate of drug-likeness (QED) is 0.433. The Labute approximate surface area is 121 Å². The second-order valence-electron chi connectivity index (χ2n) is 4.18. The molecule has 1 N–H and O–H groups in total. The number of fused-ring (bicyclic) bond motifs is 1. The van der Waals surface area contributed by atoms with Crippen LogP contribution in [-0.4, -0.2) is 11.0 Å². The first kappa shape index (κ1) is 13.3. The number of nitrogens with one attached hydrogen (secondary N) is 1. The Morgan fingerprint density at radius 3 is 2.88 bits per heavy atom. The van der Waals surface area contributed by atoms with Crippen molar-refractivity contribution < 1.29 is 0 Å². The third-order valence-corrected chi connectivity index (χ3v) is 4.64. The molecule has 0 spiro atoms. The molecule has 0 atom stereocenters. The highest BCUT2D eigenvalue weighted by molar-refractivity contribution is 14.1. The van der Waals surface area contributed by atoms with E-state index in [1.807, 2.05) is 11.3 Å². The zero-order valence-corrected chi connectivity index (χ0v) is 12.9. The minimum Gasteiger partial charge on any atom is -0.313 e. The molecule has 1 aromatic heterocycles. The molecule has 0 aliphatic heterocycles. The van der Waals surface area contributed by atoms with E-state index in [9.17, 15) is 0 Å². The predicted molar refractivity (Wildman–Crippen MR) is 86.3 cm³/mol. The molecular weight excluding hydrogens is 341 g/mol. The van der Waals surface area contributed by atoms with Crippen LogP contribution in [0, 0.1) is 0 Å². The molecule has 0 aliphatic carbocycles. The van der Waals surface area contributed by atoms with E-state index in [-0.39, 0.29) is 0 Å². The number of halogens is 1. The minimum atomic E-state index is 1.01. The molecule has 1 aromatic carbocycles. The number of rotatable bonds is 7. The van der Waals surface area contributed by atoms with Crippen molar-refractivity contribution in [2.24, 2.45) is 0 Å². The number of alkyl halides is 1. The van der Waals surface area contributed by atoms with Crippen molar-refractivity contribution in [3.63, 3.8) is 0 Å². The summed E-state index contributed by atoms with van der Waals surface area (Å²) >= 11 is 4.29. The molecule has 0 aliphatic rings. The van der Waals surface area contributed by atoms with E-state index in [4.69, 9.17) is 0 Å². The van der Waals surface area contributed by atoms with Gasteiger partial charge < -0.3 is 5.32 Å². The van der Waals surface area contributed by atoms with Crippen LogP contribution in [0.5, 0.6) is 0 Å². The van der Waals surface area contributed by atoms with Gasteiger partial charge in [0.1, 0.15) is 0 Å².